The standard InChI is InChI=1S/C19H20F3N3O3/c1-11-6-7-12(8-16(11)25-18(27)15(23)10-28-2)17(26)24-14-5-3-4-13(9-14)19(20,21)22/h3-9,15H,10,23H2,1-2H3,(H,24,26)(H,25,27). The highest BCUT2D eigenvalue weighted by atomic mass is 19.4. The summed E-state index contributed by atoms with van der Waals surface area (Å²) in [5.41, 5.74) is 6.03. The Morgan fingerprint density at radius 1 is 1.14 bits per heavy atom. The van der Waals surface area contributed by atoms with Gasteiger partial charge in [-0.3, -0.25) is 9.59 Å². The first-order chi connectivity index (χ1) is 13.1. The number of carbonyl (C=O) groups is 2. The molecule has 9 heteroatoms. The Bertz CT molecular complexity index is 869. The van der Waals surface area contributed by atoms with Crippen molar-refractivity contribution >= 4 is 23.2 Å². The van der Waals surface area contributed by atoms with Crippen LogP contribution in [0.1, 0.15) is 21.5 Å². The molecule has 0 spiro atoms. The van der Waals surface area contributed by atoms with Crippen LogP contribution in [0.25, 0.3) is 0 Å². The van der Waals surface area contributed by atoms with Crippen LogP contribution in [0.2, 0.25) is 0 Å². The average molecular weight is 395 g/mol. The second-order valence-corrected chi connectivity index (χ2v) is 6.11. The molecule has 0 radical (unpaired) electrons. The van der Waals surface area contributed by atoms with E-state index >= 15 is 0 Å². The van der Waals surface area contributed by atoms with Crippen molar-refractivity contribution in [3.05, 3.63) is 59.2 Å². The van der Waals surface area contributed by atoms with E-state index < -0.39 is 29.6 Å². The van der Waals surface area contributed by atoms with Crippen LogP contribution in [0.5, 0.6) is 0 Å². The molecule has 28 heavy (non-hydrogen) atoms. The SMILES string of the molecule is COCC(N)C(=O)Nc1cc(C(=O)Nc2cccc(C(F)(F)F)c2)ccc1C. The van der Waals surface area contributed by atoms with Crippen molar-refractivity contribution in [2.75, 3.05) is 24.4 Å². The van der Waals surface area contributed by atoms with Gasteiger partial charge in [0.15, 0.2) is 0 Å². The number of methoxy groups -OCH3 is 1. The van der Waals surface area contributed by atoms with Crippen molar-refractivity contribution < 1.29 is 27.5 Å². The number of benzene rings is 2. The predicted octanol–water partition coefficient (Wildman–Crippen LogP) is 3.18. The number of anilines is 2. The van der Waals surface area contributed by atoms with E-state index in [0.29, 0.717) is 11.3 Å². The number of ether oxygens (including phenoxy) is 1. The zero-order valence-electron chi connectivity index (χ0n) is 15.3. The number of hydrogen-bond acceptors (Lipinski definition) is 4. The van der Waals surface area contributed by atoms with Crippen molar-refractivity contribution in [3.63, 3.8) is 0 Å². The van der Waals surface area contributed by atoms with Gasteiger partial charge in [0.1, 0.15) is 6.04 Å². The first kappa shape index (κ1) is 21.4. The zero-order chi connectivity index (χ0) is 20.9. The minimum Gasteiger partial charge on any atom is -0.383 e. The Morgan fingerprint density at radius 3 is 2.50 bits per heavy atom. The average Bonchev–Trinajstić information content (AvgIpc) is 2.63. The van der Waals surface area contributed by atoms with Gasteiger partial charge in [-0.15, -0.1) is 0 Å². The number of amides is 2. The van der Waals surface area contributed by atoms with Gasteiger partial charge < -0.3 is 21.1 Å². The molecule has 0 aliphatic heterocycles. The summed E-state index contributed by atoms with van der Waals surface area (Å²) in [7, 11) is 1.41. The van der Waals surface area contributed by atoms with E-state index in [-0.39, 0.29) is 17.9 Å². The van der Waals surface area contributed by atoms with Crippen LogP contribution in [-0.2, 0) is 15.7 Å². The molecule has 6 nitrogen and oxygen atoms in total. The summed E-state index contributed by atoms with van der Waals surface area (Å²) in [6, 6.07) is 7.98. The maximum atomic E-state index is 12.8. The molecule has 1 atom stereocenters. The van der Waals surface area contributed by atoms with Crippen LogP contribution in [0.4, 0.5) is 24.5 Å². The number of carbonyl (C=O) groups excluding carboxylic acids is 2. The normalized spacial score (nSPS) is 12.4. The van der Waals surface area contributed by atoms with Gasteiger partial charge in [-0.05, 0) is 42.8 Å². The van der Waals surface area contributed by atoms with Crippen molar-refractivity contribution in [1.82, 2.24) is 0 Å². The number of halogens is 3. The Labute approximate surface area is 159 Å². The van der Waals surface area contributed by atoms with Gasteiger partial charge in [0.25, 0.3) is 5.91 Å². The number of rotatable bonds is 6. The molecule has 1 unspecified atom stereocenters. The van der Waals surface area contributed by atoms with Crippen LogP contribution < -0.4 is 16.4 Å². The fourth-order valence-electron chi connectivity index (χ4n) is 2.36. The number of nitrogens with one attached hydrogen (secondary N) is 2. The lowest BCUT2D eigenvalue weighted by Gasteiger charge is -2.14. The van der Waals surface area contributed by atoms with Crippen LogP contribution in [-0.4, -0.2) is 31.6 Å². The molecule has 0 saturated heterocycles. The van der Waals surface area contributed by atoms with Crippen molar-refractivity contribution in [2.24, 2.45) is 5.73 Å². The fraction of sp³-hybridized carbons (Fsp3) is 0.263. The quantitative estimate of drug-likeness (QED) is 0.700. The number of alkyl halides is 3. The molecular weight excluding hydrogens is 375 g/mol. The van der Waals surface area contributed by atoms with Crippen molar-refractivity contribution in [2.45, 2.75) is 19.1 Å². The van der Waals surface area contributed by atoms with Gasteiger partial charge in [0.2, 0.25) is 5.91 Å². The molecule has 0 aliphatic rings. The number of aryl methyl sites for hydroxylation is 1. The van der Waals surface area contributed by atoms with Crippen LogP contribution in [0.3, 0.4) is 0 Å². The second-order valence-electron chi connectivity index (χ2n) is 6.11. The Morgan fingerprint density at radius 2 is 1.86 bits per heavy atom. The van der Waals surface area contributed by atoms with E-state index in [1.807, 2.05) is 0 Å². The highest BCUT2D eigenvalue weighted by molar-refractivity contribution is 6.05. The third-order valence-corrected chi connectivity index (χ3v) is 3.89. The summed E-state index contributed by atoms with van der Waals surface area (Å²) in [6.45, 7) is 1.76. The van der Waals surface area contributed by atoms with Gasteiger partial charge in [0.05, 0.1) is 12.2 Å². The molecule has 0 aromatic heterocycles. The number of nitrogens with two attached hydrogens (primary N) is 1. The first-order valence-corrected chi connectivity index (χ1v) is 8.26. The molecule has 0 saturated carbocycles. The lowest BCUT2D eigenvalue weighted by molar-refractivity contribution is -0.137. The second kappa shape index (κ2) is 8.85. The third-order valence-electron chi connectivity index (χ3n) is 3.89. The lowest BCUT2D eigenvalue weighted by Crippen LogP contribution is -2.39. The minimum absolute atomic E-state index is 0.00750. The highest BCUT2D eigenvalue weighted by Crippen LogP contribution is 2.30. The maximum Gasteiger partial charge on any atom is 0.416 e. The monoisotopic (exact) mass is 395 g/mol. The van der Waals surface area contributed by atoms with Gasteiger partial charge in [0, 0.05) is 24.0 Å². The summed E-state index contributed by atoms with van der Waals surface area (Å²) in [6.07, 6.45) is -4.51. The van der Waals surface area contributed by atoms with Gasteiger partial charge >= 0.3 is 6.18 Å². The molecule has 2 amide bonds. The van der Waals surface area contributed by atoms with E-state index in [1.54, 1.807) is 13.0 Å². The smallest absolute Gasteiger partial charge is 0.383 e. The summed E-state index contributed by atoms with van der Waals surface area (Å²) in [5, 5.41) is 5.03. The van der Waals surface area contributed by atoms with Gasteiger partial charge in [-0.2, -0.15) is 13.2 Å². The highest BCUT2D eigenvalue weighted by Gasteiger charge is 2.30. The molecule has 150 valence electrons. The molecule has 2 aromatic rings. The van der Waals surface area contributed by atoms with Crippen molar-refractivity contribution in [1.29, 1.82) is 0 Å². The summed E-state index contributed by atoms with van der Waals surface area (Å²) in [5.74, 6) is -1.10. The molecule has 0 fully saturated rings. The van der Waals surface area contributed by atoms with Crippen molar-refractivity contribution in [3.8, 4) is 0 Å². The topological polar surface area (TPSA) is 93.4 Å². The molecule has 2 rings (SSSR count). The van der Waals surface area contributed by atoms with Crippen LogP contribution in [0, 0.1) is 6.92 Å². The van der Waals surface area contributed by atoms with E-state index in [0.717, 1.165) is 12.1 Å². The van der Waals surface area contributed by atoms with Gasteiger partial charge in [-0.25, -0.2) is 0 Å². The summed E-state index contributed by atoms with van der Waals surface area (Å²) in [4.78, 5) is 24.4. The molecule has 0 aliphatic carbocycles. The Balaban J connectivity index is 2.17. The fourth-order valence-corrected chi connectivity index (χ4v) is 2.36. The summed E-state index contributed by atoms with van der Waals surface area (Å²) < 4.78 is 43.2. The third kappa shape index (κ3) is 5.54. The molecule has 0 bridgehead atoms. The Kier molecular flexibility index (Phi) is 6.76. The molecule has 2 aromatic carbocycles. The van der Waals surface area contributed by atoms with E-state index in [4.69, 9.17) is 10.5 Å². The van der Waals surface area contributed by atoms with Crippen LogP contribution in [0.15, 0.2) is 42.5 Å². The predicted molar refractivity (Wildman–Crippen MR) is 99.1 cm³/mol. The minimum atomic E-state index is -4.51. The summed E-state index contributed by atoms with van der Waals surface area (Å²) >= 11 is 0. The first-order valence-electron chi connectivity index (χ1n) is 8.26. The number of hydrogen-bond donors (Lipinski definition) is 3. The zero-order valence-corrected chi connectivity index (χ0v) is 15.3. The Hall–Kier alpha value is -2.91. The largest absolute Gasteiger partial charge is 0.416 e. The van der Waals surface area contributed by atoms with E-state index in [1.165, 1.54) is 31.4 Å². The van der Waals surface area contributed by atoms with E-state index in [9.17, 15) is 22.8 Å². The maximum absolute atomic E-state index is 12.8. The molecular formula is C19H20F3N3O3. The molecule has 0 heterocycles. The van der Waals surface area contributed by atoms with E-state index in [2.05, 4.69) is 10.6 Å². The van der Waals surface area contributed by atoms with Crippen LogP contribution >= 0.6 is 0 Å². The molecule has 4 N–H and O–H groups in total. The lowest BCUT2D eigenvalue weighted by atomic mass is 10.1. The van der Waals surface area contributed by atoms with Gasteiger partial charge in [-0.1, -0.05) is 12.1 Å².